The number of rotatable bonds is 50. The molecule has 0 saturated carbocycles. The van der Waals surface area contributed by atoms with Gasteiger partial charge < -0.3 is 33.2 Å². The minimum absolute atomic E-state index is 0.260. The first kappa shape index (κ1) is 58.2. The number of hydrogen-bond donors (Lipinski definition) is 0. The van der Waals surface area contributed by atoms with Gasteiger partial charge in [-0.15, -0.1) is 0 Å². The van der Waals surface area contributed by atoms with Crippen LogP contribution in [-0.4, -0.2) is 65.8 Å². The number of unbranched alkanes of at least 4 members (excludes halogenated alkanes) is 28. The minimum Gasteiger partial charge on any atom is -0.352 e. The lowest BCUT2D eigenvalue weighted by Crippen LogP contribution is -2.23. The molecule has 2 unspecified atom stereocenters. The minimum atomic E-state index is -0.557. The lowest BCUT2D eigenvalue weighted by molar-refractivity contribution is -0.189. The molecule has 0 N–H and O–H groups in total. The SMILES string of the molecule is CCCCCCCCCCOC(CC=CC(OC)OC(C=CCC(OCCCCCCCCCC)OCCCCCCCCCC)OC)OCCCCCCCCCC. The Morgan fingerprint density at radius 3 is 0.746 bits per heavy atom. The van der Waals surface area contributed by atoms with Gasteiger partial charge in [0.1, 0.15) is 0 Å². The van der Waals surface area contributed by atoms with Gasteiger partial charge in [-0.1, -0.05) is 220 Å². The molecule has 0 rings (SSSR count). The molecule has 59 heavy (non-hydrogen) atoms. The van der Waals surface area contributed by atoms with Crippen LogP contribution < -0.4 is 0 Å². The maximum absolute atomic E-state index is 6.27. The Hall–Kier alpha value is -0.800. The van der Waals surface area contributed by atoms with Crippen LogP contribution in [-0.2, 0) is 33.2 Å². The van der Waals surface area contributed by atoms with Crippen molar-refractivity contribution in [2.24, 2.45) is 0 Å². The van der Waals surface area contributed by atoms with Crippen LogP contribution in [0.25, 0.3) is 0 Å². The highest BCUT2D eigenvalue weighted by atomic mass is 16.8. The van der Waals surface area contributed by atoms with Crippen LogP contribution in [0.4, 0.5) is 0 Å². The predicted octanol–water partition coefficient (Wildman–Crippen LogP) is 16.1. The van der Waals surface area contributed by atoms with E-state index in [1.54, 1.807) is 14.2 Å². The predicted molar refractivity (Wildman–Crippen MR) is 252 cm³/mol. The van der Waals surface area contributed by atoms with Crippen LogP contribution in [0.15, 0.2) is 24.3 Å². The highest BCUT2D eigenvalue weighted by Crippen LogP contribution is 2.16. The molecule has 7 nitrogen and oxygen atoms in total. The third-order valence-electron chi connectivity index (χ3n) is 11.2. The van der Waals surface area contributed by atoms with Gasteiger partial charge in [0.2, 0.25) is 0 Å². The van der Waals surface area contributed by atoms with E-state index in [0.29, 0.717) is 12.8 Å². The standard InChI is InChI=1S/C52H102O7/c1-7-11-15-19-23-27-31-35-45-55-51(56-46-36-32-28-24-20-16-12-8-2)43-39-41-49(53-5)59-50(54-6)42-40-44-52(57-47-37-33-29-25-21-17-13-9-3)58-48-38-34-30-26-22-18-14-10-4/h39-42,49-52H,7-38,43-48H2,1-6H3. The summed E-state index contributed by atoms with van der Waals surface area (Å²) < 4.78 is 42.6. The van der Waals surface area contributed by atoms with Crippen LogP contribution in [0.5, 0.6) is 0 Å². The first-order valence-electron chi connectivity index (χ1n) is 25.7. The molecule has 0 saturated heterocycles. The van der Waals surface area contributed by atoms with E-state index in [1.165, 1.54) is 180 Å². The van der Waals surface area contributed by atoms with E-state index >= 15 is 0 Å². The number of ether oxygens (including phenoxy) is 7. The largest absolute Gasteiger partial charge is 0.352 e. The highest BCUT2D eigenvalue weighted by Gasteiger charge is 2.14. The molecule has 0 bridgehead atoms. The fourth-order valence-electron chi connectivity index (χ4n) is 7.26. The molecular formula is C52H102O7. The zero-order chi connectivity index (χ0) is 43.0. The van der Waals surface area contributed by atoms with E-state index in [4.69, 9.17) is 33.2 Å². The van der Waals surface area contributed by atoms with Crippen LogP contribution in [0.1, 0.15) is 246 Å². The van der Waals surface area contributed by atoms with E-state index in [-0.39, 0.29) is 12.6 Å². The first-order valence-corrected chi connectivity index (χ1v) is 25.7. The monoisotopic (exact) mass is 839 g/mol. The third-order valence-corrected chi connectivity index (χ3v) is 11.2. The summed E-state index contributed by atoms with van der Waals surface area (Å²) in [6.45, 7) is 12.0. The fourth-order valence-corrected chi connectivity index (χ4v) is 7.26. The van der Waals surface area contributed by atoms with Crippen molar-refractivity contribution in [1.82, 2.24) is 0 Å². The van der Waals surface area contributed by atoms with E-state index in [1.807, 2.05) is 12.2 Å². The summed E-state index contributed by atoms with van der Waals surface area (Å²) in [5, 5.41) is 0. The molecule has 352 valence electrons. The van der Waals surface area contributed by atoms with Crippen LogP contribution in [0.3, 0.4) is 0 Å². The zero-order valence-electron chi connectivity index (χ0n) is 40.3. The molecule has 0 aliphatic carbocycles. The van der Waals surface area contributed by atoms with Gasteiger partial charge in [-0.05, 0) is 37.8 Å². The van der Waals surface area contributed by atoms with Gasteiger partial charge >= 0.3 is 0 Å². The Labute approximate surface area is 368 Å². The molecule has 0 amide bonds. The van der Waals surface area contributed by atoms with Crippen LogP contribution in [0.2, 0.25) is 0 Å². The van der Waals surface area contributed by atoms with Crippen LogP contribution in [0, 0.1) is 0 Å². The summed E-state index contributed by atoms with van der Waals surface area (Å²) in [6, 6.07) is 0. The first-order chi connectivity index (χ1) is 29.1. The summed E-state index contributed by atoms with van der Waals surface area (Å²) in [5.74, 6) is 0. The van der Waals surface area contributed by atoms with E-state index in [0.717, 1.165) is 52.1 Å². The Balaban J connectivity index is 4.98. The maximum atomic E-state index is 6.27. The lowest BCUT2D eigenvalue weighted by Gasteiger charge is -2.20. The van der Waals surface area contributed by atoms with E-state index < -0.39 is 12.6 Å². The normalized spacial score (nSPS) is 13.3. The second-order valence-electron chi connectivity index (χ2n) is 16.9. The topological polar surface area (TPSA) is 64.6 Å². The molecule has 0 aliphatic heterocycles. The fraction of sp³-hybridized carbons (Fsp3) is 0.923. The zero-order valence-corrected chi connectivity index (χ0v) is 40.3. The second kappa shape index (κ2) is 49.9. The molecule has 0 aromatic rings. The van der Waals surface area contributed by atoms with E-state index in [2.05, 4.69) is 39.8 Å². The Bertz CT molecular complexity index is 726. The molecule has 0 radical (unpaired) electrons. The van der Waals surface area contributed by atoms with Gasteiger partial charge in [0, 0.05) is 53.5 Å². The molecule has 0 aliphatic rings. The van der Waals surface area contributed by atoms with Gasteiger partial charge in [0.05, 0.1) is 0 Å². The average molecular weight is 839 g/mol. The smallest absolute Gasteiger partial charge is 0.179 e. The second-order valence-corrected chi connectivity index (χ2v) is 16.9. The summed E-state index contributed by atoms with van der Waals surface area (Å²) in [4.78, 5) is 0. The van der Waals surface area contributed by atoms with Gasteiger partial charge in [0.15, 0.2) is 25.2 Å². The average Bonchev–Trinajstić information content (AvgIpc) is 3.25. The highest BCUT2D eigenvalue weighted by molar-refractivity contribution is 4.90. The van der Waals surface area contributed by atoms with Gasteiger partial charge in [0.25, 0.3) is 0 Å². The molecule has 0 spiro atoms. The Kier molecular flexibility index (Phi) is 49.2. The van der Waals surface area contributed by atoms with Gasteiger partial charge in [-0.3, -0.25) is 0 Å². The Morgan fingerprint density at radius 2 is 0.525 bits per heavy atom. The van der Waals surface area contributed by atoms with Crippen LogP contribution >= 0.6 is 0 Å². The molecular weight excluding hydrogens is 737 g/mol. The van der Waals surface area contributed by atoms with Crippen molar-refractivity contribution < 1.29 is 33.2 Å². The van der Waals surface area contributed by atoms with Gasteiger partial charge in [-0.25, -0.2) is 0 Å². The molecule has 0 aromatic heterocycles. The van der Waals surface area contributed by atoms with Crippen molar-refractivity contribution in [3.63, 3.8) is 0 Å². The third kappa shape index (κ3) is 43.6. The molecule has 2 atom stereocenters. The van der Waals surface area contributed by atoms with Crippen molar-refractivity contribution >= 4 is 0 Å². The van der Waals surface area contributed by atoms with Crippen molar-refractivity contribution in [2.75, 3.05) is 40.6 Å². The van der Waals surface area contributed by atoms with Gasteiger partial charge in [-0.2, -0.15) is 0 Å². The Morgan fingerprint density at radius 1 is 0.305 bits per heavy atom. The quantitative estimate of drug-likeness (QED) is 0.0343. The lowest BCUT2D eigenvalue weighted by atomic mass is 10.1. The summed E-state index contributed by atoms with van der Waals surface area (Å²) in [7, 11) is 3.32. The van der Waals surface area contributed by atoms with Crippen molar-refractivity contribution in [1.29, 1.82) is 0 Å². The van der Waals surface area contributed by atoms with E-state index in [9.17, 15) is 0 Å². The van der Waals surface area contributed by atoms with Crippen molar-refractivity contribution in [2.45, 2.75) is 271 Å². The van der Waals surface area contributed by atoms with Crippen molar-refractivity contribution in [3.05, 3.63) is 24.3 Å². The summed E-state index contributed by atoms with van der Waals surface area (Å²) in [5.41, 5.74) is 0. The number of methoxy groups -OCH3 is 2. The number of hydrogen-bond acceptors (Lipinski definition) is 7. The molecule has 0 fully saturated rings. The summed E-state index contributed by atoms with van der Waals surface area (Å²) >= 11 is 0. The maximum Gasteiger partial charge on any atom is 0.179 e. The summed E-state index contributed by atoms with van der Waals surface area (Å²) in [6.07, 6.45) is 48.9. The molecule has 0 aromatic carbocycles. The molecule has 0 heterocycles. The van der Waals surface area contributed by atoms with Crippen molar-refractivity contribution in [3.8, 4) is 0 Å². The molecule has 7 heteroatoms.